The third-order valence-electron chi connectivity index (χ3n) is 2.62. The number of methoxy groups -OCH3 is 2. The third kappa shape index (κ3) is 2.22. The van der Waals surface area contributed by atoms with E-state index in [-0.39, 0.29) is 0 Å². The number of ether oxygens (including phenoxy) is 2. The number of nitrogens with two attached hydrogens (primary N) is 1. The Bertz CT molecular complexity index is 534. The molecule has 1 aromatic carbocycles. The van der Waals surface area contributed by atoms with Crippen LogP contribution in [0, 0.1) is 6.92 Å². The van der Waals surface area contributed by atoms with Crippen LogP contribution in [0.4, 0.5) is 5.00 Å². The van der Waals surface area contributed by atoms with Crippen molar-refractivity contribution in [3.05, 3.63) is 29.8 Å². The van der Waals surface area contributed by atoms with Gasteiger partial charge in [-0.3, -0.25) is 0 Å². The van der Waals surface area contributed by atoms with E-state index in [2.05, 4.69) is 0 Å². The van der Waals surface area contributed by atoms with Gasteiger partial charge in [-0.15, -0.1) is 11.3 Å². The van der Waals surface area contributed by atoms with Crippen LogP contribution in [0.25, 0.3) is 10.4 Å². The highest BCUT2D eigenvalue weighted by Crippen LogP contribution is 2.38. The maximum absolute atomic E-state index is 5.76. The van der Waals surface area contributed by atoms with Crippen LogP contribution >= 0.6 is 11.3 Å². The molecule has 0 saturated heterocycles. The molecule has 2 aromatic rings. The first-order valence-corrected chi connectivity index (χ1v) is 6.05. The SMILES string of the molecule is COc1cc(C)c(-c2ccc(N)s2)cc1OC. The highest BCUT2D eigenvalue weighted by atomic mass is 32.1. The van der Waals surface area contributed by atoms with Crippen molar-refractivity contribution in [1.82, 2.24) is 0 Å². The average Bonchev–Trinajstić information content (AvgIpc) is 2.75. The third-order valence-corrected chi connectivity index (χ3v) is 3.57. The van der Waals surface area contributed by atoms with Crippen LogP contribution in [-0.2, 0) is 0 Å². The van der Waals surface area contributed by atoms with Crippen molar-refractivity contribution in [3.63, 3.8) is 0 Å². The summed E-state index contributed by atoms with van der Waals surface area (Å²) in [5.41, 5.74) is 8.03. The Balaban J connectivity index is 2.55. The van der Waals surface area contributed by atoms with E-state index in [1.807, 2.05) is 31.2 Å². The van der Waals surface area contributed by atoms with Crippen LogP contribution in [-0.4, -0.2) is 14.2 Å². The number of hydrogen-bond acceptors (Lipinski definition) is 4. The Hall–Kier alpha value is -1.68. The summed E-state index contributed by atoms with van der Waals surface area (Å²) in [6, 6.07) is 7.90. The van der Waals surface area contributed by atoms with E-state index in [0.717, 1.165) is 32.5 Å². The standard InChI is InChI=1S/C13H15NO2S/c1-8-6-10(15-2)11(16-3)7-9(8)12-4-5-13(14)17-12/h4-7H,14H2,1-3H3. The molecule has 0 saturated carbocycles. The molecule has 3 nitrogen and oxygen atoms in total. The van der Waals surface area contributed by atoms with Gasteiger partial charge in [0, 0.05) is 4.88 Å². The molecule has 0 atom stereocenters. The van der Waals surface area contributed by atoms with Crippen molar-refractivity contribution in [2.24, 2.45) is 0 Å². The van der Waals surface area contributed by atoms with Crippen molar-refractivity contribution in [1.29, 1.82) is 0 Å². The lowest BCUT2D eigenvalue weighted by Crippen LogP contribution is -1.92. The Morgan fingerprint density at radius 3 is 2.24 bits per heavy atom. The summed E-state index contributed by atoms with van der Waals surface area (Å²) < 4.78 is 10.6. The molecule has 0 spiro atoms. The number of aryl methyl sites for hydroxylation is 1. The first kappa shape index (κ1) is 11.8. The fourth-order valence-electron chi connectivity index (χ4n) is 1.74. The molecule has 0 aliphatic carbocycles. The Morgan fingerprint density at radius 1 is 1.06 bits per heavy atom. The molecule has 17 heavy (non-hydrogen) atoms. The molecule has 2 rings (SSSR count). The van der Waals surface area contributed by atoms with Crippen LogP contribution in [0.1, 0.15) is 5.56 Å². The quantitative estimate of drug-likeness (QED) is 0.907. The van der Waals surface area contributed by atoms with Crippen LogP contribution in [0.15, 0.2) is 24.3 Å². The molecule has 0 fully saturated rings. The minimum atomic E-state index is 0.736. The lowest BCUT2D eigenvalue weighted by atomic mass is 10.1. The van der Waals surface area contributed by atoms with E-state index in [1.54, 1.807) is 25.6 Å². The maximum Gasteiger partial charge on any atom is 0.161 e. The second-order valence-corrected chi connectivity index (χ2v) is 4.84. The highest BCUT2D eigenvalue weighted by Gasteiger charge is 2.11. The second kappa shape index (κ2) is 4.67. The van der Waals surface area contributed by atoms with Gasteiger partial charge < -0.3 is 15.2 Å². The molecular weight excluding hydrogens is 234 g/mol. The molecule has 90 valence electrons. The largest absolute Gasteiger partial charge is 0.493 e. The molecule has 0 aliphatic rings. The number of thiophene rings is 1. The van der Waals surface area contributed by atoms with E-state index in [1.165, 1.54) is 0 Å². The van der Waals surface area contributed by atoms with Gasteiger partial charge >= 0.3 is 0 Å². The van der Waals surface area contributed by atoms with Crippen molar-refractivity contribution in [2.75, 3.05) is 20.0 Å². The smallest absolute Gasteiger partial charge is 0.161 e. The summed E-state index contributed by atoms with van der Waals surface area (Å²) >= 11 is 1.57. The van der Waals surface area contributed by atoms with Crippen LogP contribution in [0.3, 0.4) is 0 Å². The molecule has 4 heteroatoms. The number of rotatable bonds is 3. The van der Waals surface area contributed by atoms with Crippen LogP contribution in [0.2, 0.25) is 0 Å². The summed E-state index contributed by atoms with van der Waals surface area (Å²) in [7, 11) is 3.28. The zero-order valence-corrected chi connectivity index (χ0v) is 10.9. The van der Waals surface area contributed by atoms with Gasteiger partial charge in [0.2, 0.25) is 0 Å². The number of benzene rings is 1. The normalized spacial score (nSPS) is 10.3. The molecule has 0 radical (unpaired) electrons. The van der Waals surface area contributed by atoms with Crippen molar-refractivity contribution in [2.45, 2.75) is 6.92 Å². The Kier molecular flexibility index (Phi) is 3.24. The molecule has 1 heterocycles. The van der Waals surface area contributed by atoms with Gasteiger partial charge in [0.05, 0.1) is 19.2 Å². The summed E-state index contributed by atoms with van der Waals surface area (Å²) in [5.74, 6) is 1.48. The summed E-state index contributed by atoms with van der Waals surface area (Å²) in [6.45, 7) is 2.05. The topological polar surface area (TPSA) is 44.5 Å². The molecular formula is C13H15NO2S. The zero-order chi connectivity index (χ0) is 12.4. The summed E-state index contributed by atoms with van der Waals surface area (Å²) in [4.78, 5) is 1.14. The molecule has 2 N–H and O–H groups in total. The van der Waals surface area contributed by atoms with E-state index >= 15 is 0 Å². The predicted molar refractivity (Wildman–Crippen MR) is 72.0 cm³/mol. The van der Waals surface area contributed by atoms with Gasteiger partial charge in [0.1, 0.15) is 0 Å². The van der Waals surface area contributed by atoms with Gasteiger partial charge in [-0.1, -0.05) is 0 Å². The lowest BCUT2D eigenvalue weighted by molar-refractivity contribution is 0.355. The first-order valence-electron chi connectivity index (χ1n) is 5.24. The average molecular weight is 249 g/mol. The minimum Gasteiger partial charge on any atom is -0.493 e. The van der Waals surface area contributed by atoms with E-state index in [4.69, 9.17) is 15.2 Å². The number of hydrogen-bond donors (Lipinski definition) is 1. The van der Waals surface area contributed by atoms with Crippen molar-refractivity contribution < 1.29 is 9.47 Å². The summed E-state index contributed by atoms with van der Waals surface area (Å²) in [6.07, 6.45) is 0. The fraction of sp³-hybridized carbons (Fsp3) is 0.231. The molecule has 0 unspecified atom stereocenters. The van der Waals surface area contributed by atoms with Crippen molar-refractivity contribution >= 4 is 16.3 Å². The second-order valence-electron chi connectivity index (χ2n) is 3.72. The van der Waals surface area contributed by atoms with Crippen LogP contribution < -0.4 is 15.2 Å². The molecule has 0 bridgehead atoms. The zero-order valence-electron chi connectivity index (χ0n) is 10.1. The molecule has 1 aromatic heterocycles. The minimum absolute atomic E-state index is 0.736. The van der Waals surface area contributed by atoms with Crippen molar-refractivity contribution in [3.8, 4) is 21.9 Å². The molecule has 0 aliphatic heterocycles. The maximum atomic E-state index is 5.76. The fourth-order valence-corrected chi connectivity index (χ4v) is 2.60. The number of nitrogen functional groups attached to an aromatic ring is 1. The van der Waals surface area contributed by atoms with Crippen LogP contribution in [0.5, 0.6) is 11.5 Å². The van der Waals surface area contributed by atoms with E-state index in [0.29, 0.717) is 0 Å². The lowest BCUT2D eigenvalue weighted by Gasteiger charge is -2.11. The van der Waals surface area contributed by atoms with Gasteiger partial charge in [0.25, 0.3) is 0 Å². The Morgan fingerprint density at radius 2 is 1.71 bits per heavy atom. The highest BCUT2D eigenvalue weighted by molar-refractivity contribution is 7.19. The van der Waals surface area contributed by atoms with Gasteiger partial charge in [-0.25, -0.2) is 0 Å². The monoisotopic (exact) mass is 249 g/mol. The number of anilines is 1. The van der Waals surface area contributed by atoms with Gasteiger partial charge in [0.15, 0.2) is 11.5 Å². The summed E-state index contributed by atoms with van der Waals surface area (Å²) in [5, 5.41) is 0.814. The molecule has 0 amide bonds. The first-order chi connectivity index (χ1) is 8.15. The van der Waals surface area contributed by atoms with Gasteiger partial charge in [-0.05, 0) is 42.3 Å². The van der Waals surface area contributed by atoms with E-state index < -0.39 is 0 Å². The predicted octanol–water partition coefficient (Wildman–Crippen LogP) is 3.32. The Labute approximate surface area is 105 Å². The van der Waals surface area contributed by atoms with Gasteiger partial charge in [-0.2, -0.15) is 0 Å². The van der Waals surface area contributed by atoms with E-state index in [9.17, 15) is 0 Å².